The summed E-state index contributed by atoms with van der Waals surface area (Å²) in [7, 11) is 0. The van der Waals surface area contributed by atoms with Gasteiger partial charge in [0.05, 0.1) is 17.2 Å². The minimum absolute atomic E-state index is 0.106. The smallest absolute Gasteiger partial charge is 0.0859 e. The van der Waals surface area contributed by atoms with Crippen molar-refractivity contribution in [1.82, 2.24) is 10.4 Å². The van der Waals surface area contributed by atoms with Crippen molar-refractivity contribution in [3.63, 3.8) is 0 Å². The van der Waals surface area contributed by atoms with Crippen LogP contribution in [0.2, 0.25) is 0 Å². The molecule has 0 aliphatic carbocycles. The molecule has 4 heteroatoms. The van der Waals surface area contributed by atoms with Crippen molar-refractivity contribution in [1.29, 1.82) is 0 Å². The predicted octanol–water partition coefficient (Wildman–Crippen LogP) is 2.94. The van der Waals surface area contributed by atoms with E-state index >= 15 is 0 Å². The monoisotopic (exact) mass is 273 g/mol. The number of hydrogen-bond donors (Lipinski definition) is 2. The Kier molecular flexibility index (Phi) is 4.70. The lowest BCUT2D eigenvalue weighted by Crippen LogP contribution is -2.46. The van der Waals surface area contributed by atoms with Gasteiger partial charge in [-0.25, -0.2) is 5.43 Å². The molecule has 3 N–H and O–H groups in total. The van der Waals surface area contributed by atoms with Crippen LogP contribution in [0.5, 0.6) is 0 Å². The van der Waals surface area contributed by atoms with Crippen molar-refractivity contribution < 1.29 is 4.74 Å². The third kappa shape index (κ3) is 2.68. The number of pyridine rings is 1. The predicted molar refractivity (Wildman–Crippen MR) is 82.1 cm³/mol. The van der Waals surface area contributed by atoms with E-state index in [0.29, 0.717) is 6.61 Å². The highest BCUT2D eigenvalue weighted by molar-refractivity contribution is 5.82. The third-order valence-corrected chi connectivity index (χ3v) is 3.93. The maximum atomic E-state index is 5.96. The molecule has 2 unspecified atom stereocenters. The van der Waals surface area contributed by atoms with Crippen LogP contribution in [-0.4, -0.2) is 17.2 Å². The minimum atomic E-state index is -0.366. The molecular weight excluding hydrogens is 250 g/mol. The number of nitrogens with zero attached hydrogens (tertiary/aromatic N) is 1. The molecule has 0 bridgehead atoms. The summed E-state index contributed by atoms with van der Waals surface area (Å²) >= 11 is 0. The fourth-order valence-corrected chi connectivity index (χ4v) is 2.68. The Bertz CT molecular complexity index is 567. The Morgan fingerprint density at radius 2 is 2.05 bits per heavy atom. The number of benzene rings is 1. The van der Waals surface area contributed by atoms with Crippen LogP contribution in [0.4, 0.5) is 0 Å². The number of para-hydroxylation sites is 1. The van der Waals surface area contributed by atoms with E-state index in [1.807, 2.05) is 25.3 Å². The number of hydrogen-bond acceptors (Lipinski definition) is 4. The SMILES string of the molecule is CCOC(C)(CC)C(NN)c1cccc2cccnc12. The van der Waals surface area contributed by atoms with Crippen molar-refractivity contribution in [2.75, 3.05) is 6.61 Å². The van der Waals surface area contributed by atoms with Crippen molar-refractivity contribution in [2.24, 2.45) is 5.84 Å². The molecule has 0 amide bonds. The van der Waals surface area contributed by atoms with Gasteiger partial charge in [-0.3, -0.25) is 10.8 Å². The second-order valence-corrected chi connectivity index (χ2v) is 5.12. The van der Waals surface area contributed by atoms with Crippen LogP contribution in [0.25, 0.3) is 10.9 Å². The van der Waals surface area contributed by atoms with Gasteiger partial charge in [0.2, 0.25) is 0 Å². The molecule has 2 aromatic rings. The number of nitrogens with two attached hydrogens (primary N) is 1. The summed E-state index contributed by atoms with van der Waals surface area (Å²) in [6, 6.07) is 10.1. The lowest BCUT2D eigenvalue weighted by atomic mass is 9.87. The molecule has 0 saturated carbocycles. The quantitative estimate of drug-likeness (QED) is 0.627. The Morgan fingerprint density at radius 3 is 2.70 bits per heavy atom. The van der Waals surface area contributed by atoms with Crippen molar-refractivity contribution >= 4 is 10.9 Å². The van der Waals surface area contributed by atoms with Crippen LogP contribution in [0.3, 0.4) is 0 Å². The molecule has 1 heterocycles. The van der Waals surface area contributed by atoms with Gasteiger partial charge in [0.15, 0.2) is 0 Å². The third-order valence-electron chi connectivity index (χ3n) is 3.93. The highest BCUT2D eigenvalue weighted by Gasteiger charge is 2.35. The number of aromatic nitrogens is 1. The second kappa shape index (κ2) is 6.31. The summed E-state index contributed by atoms with van der Waals surface area (Å²) in [6.07, 6.45) is 2.67. The van der Waals surface area contributed by atoms with E-state index in [-0.39, 0.29) is 11.6 Å². The largest absolute Gasteiger partial charge is 0.374 e. The highest BCUT2D eigenvalue weighted by Crippen LogP contribution is 2.34. The number of ether oxygens (including phenoxy) is 1. The first kappa shape index (κ1) is 14.9. The zero-order valence-electron chi connectivity index (χ0n) is 12.4. The molecule has 0 aliphatic rings. The molecule has 0 radical (unpaired) electrons. The molecule has 2 rings (SSSR count). The van der Waals surface area contributed by atoms with Gasteiger partial charge in [-0.2, -0.15) is 0 Å². The molecule has 2 atom stereocenters. The summed E-state index contributed by atoms with van der Waals surface area (Å²) in [4.78, 5) is 4.51. The van der Waals surface area contributed by atoms with Crippen LogP contribution < -0.4 is 11.3 Å². The molecule has 0 aliphatic heterocycles. The van der Waals surface area contributed by atoms with Crippen LogP contribution in [-0.2, 0) is 4.74 Å². The molecular formula is C16H23N3O. The maximum absolute atomic E-state index is 5.96. The van der Waals surface area contributed by atoms with E-state index in [4.69, 9.17) is 10.6 Å². The fourth-order valence-electron chi connectivity index (χ4n) is 2.68. The number of hydrazine groups is 1. The summed E-state index contributed by atoms with van der Waals surface area (Å²) in [6.45, 7) is 6.85. The van der Waals surface area contributed by atoms with E-state index in [1.165, 1.54) is 0 Å². The van der Waals surface area contributed by atoms with Gasteiger partial charge in [-0.15, -0.1) is 0 Å². The van der Waals surface area contributed by atoms with Gasteiger partial charge in [-0.1, -0.05) is 31.2 Å². The van der Waals surface area contributed by atoms with E-state index in [1.54, 1.807) is 0 Å². The molecule has 108 valence electrons. The number of rotatable bonds is 6. The molecule has 0 fully saturated rings. The summed E-state index contributed by atoms with van der Waals surface area (Å²) in [5.41, 5.74) is 4.60. The van der Waals surface area contributed by atoms with Gasteiger partial charge in [-0.05, 0) is 31.9 Å². The van der Waals surface area contributed by atoms with Gasteiger partial charge >= 0.3 is 0 Å². The van der Waals surface area contributed by atoms with Gasteiger partial charge in [0.25, 0.3) is 0 Å². The molecule has 1 aromatic heterocycles. The Balaban J connectivity index is 2.54. The fraction of sp³-hybridized carbons (Fsp3) is 0.438. The van der Waals surface area contributed by atoms with E-state index < -0.39 is 0 Å². The molecule has 0 saturated heterocycles. The van der Waals surface area contributed by atoms with Crippen LogP contribution in [0.1, 0.15) is 38.8 Å². The molecule has 4 nitrogen and oxygen atoms in total. The molecule has 1 aromatic carbocycles. The zero-order valence-corrected chi connectivity index (χ0v) is 12.4. The van der Waals surface area contributed by atoms with Crippen molar-refractivity contribution in [2.45, 2.75) is 38.8 Å². The first-order valence-electron chi connectivity index (χ1n) is 7.10. The Hall–Kier alpha value is -1.49. The molecule has 20 heavy (non-hydrogen) atoms. The average Bonchev–Trinajstić information content (AvgIpc) is 2.48. The summed E-state index contributed by atoms with van der Waals surface area (Å²) in [5, 5.41) is 1.11. The number of fused-ring (bicyclic) bond motifs is 1. The van der Waals surface area contributed by atoms with E-state index in [9.17, 15) is 0 Å². The van der Waals surface area contributed by atoms with Crippen LogP contribution in [0, 0.1) is 0 Å². The summed E-state index contributed by atoms with van der Waals surface area (Å²) < 4.78 is 5.96. The number of nitrogens with one attached hydrogen (secondary N) is 1. The highest BCUT2D eigenvalue weighted by atomic mass is 16.5. The normalized spacial score (nSPS) is 16.0. The first-order valence-corrected chi connectivity index (χ1v) is 7.10. The first-order chi connectivity index (χ1) is 9.66. The van der Waals surface area contributed by atoms with Gasteiger partial charge in [0, 0.05) is 18.2 Å². The van der Waals surface area contributed by atoms with Crippen molar-refractivity contribution in [3.05, 3.63) is 42.1 Å². The standard InChI is InChI=1S/C16H23N3O/c1-4-16(3,20-5-2)15(19-17)13-10-6-8-12-9-7-11-18-14(12)13/h6-11,15,19H,4-5,17H2,1-3H3. The van der Waals surface area contributed by atoms with Gasteiger partial charge in [0.1, 0.15) is 0 Å². The Morgan fingerprint density at radius 1 is 1.30 bits per heavy atom. The summed E-state index contributed by atoms with van der Waals surface area (Å²) in [5.74, 6) is 5.83. The molecule has 0 spiro atoms. The van der Waals surface area contributed by atoms with E-state index in [2.05, 4.69) is 42.5 Å². The lowest BCUT2D eigenvalue weighted by Gasteiger charge is -2.36. The topological polar surface area (TPSA) is 60.2 Å². The van der Waals surface area contributed by atoms with Crippen molar-refractivity contribution in [3.8, 4) is 0 Å². The average molecular weight is 273 g/mol. The van der Waals surface area contributed by atoms with Crippen LogP contribution >= 0.6 is 0 Å². The van der Waals surface area contributed by atoms with E-state index in [0.717, 1.165) is 22.9 Å². The lowest BCUT2D eigenvalue weighted by molar-refractivity contribution is -0.0561. The Labute approximate surface area is 120 Å². The second-order valence-electron chi connectivity index (χ2n) is 5.12. The minimum Gasteiger partial charge on any atom is -0.374 e. The maximum Gasteiger partial charge on any atom is 0.0859 e. The van der Waals surface area contributed by atoms with Crippen LogP contribution in [0.15, 0.2) is 36.5 Å². The van der Waals surface area contributed by atoms with Gasteiger partial charge < -0.3 is 4.74 Å². The zero-order chi connectivity index (χ0) is 14.6.